The molecule has 2 rings (SSSR count). The molecular formula is C11H5ClF5N3. The lowest BCUT2D eigenvalue weighted by atomic mass is 10.2. The van der Waals surface area contributed by atoms with E-state index < -0.39 is 34.8 Å². The Morgan fingerprint density at radius 1 is 0.950 bits per heavy atom. The summed E-state index contributed by atoms with van der Waals surface area (Å²) in [6, 6.07) is 1.20. The number of halogens is 6. The van der Waals surface area contributed by atoms with Crippen LogP contribution in [0.5, 0.6) is 0 Å². The van der Waals surface area contributed by atoms with Crippen molar-refractivity contribution in [3.05, 3.63) is 46.4 Å². The van der Waals surface area contributed by atoms with Crippen LogP contribution in [0.15, 0.2) is 12.3 Å². The first kappa shape index (κ1) is 14.3. The second-order valence-corrected chi connectivity index (χ2v) is 4.10. The lowest BCUT2D eigenvalue weighted by Gasteiger charge is -2.11. The molecule has 0 atom stereocenters. The van der Waals surface area contributed by atoms with Gasteiger partial charge in [-0.05, 0) is 6.07 Å². The molecule has 0 fully saturated rings. The van der Waals surface area contributed by atoms with E-state index in [-0.39, 0.29) is 16.5 Å². The predicted octanol–water partition coefficient (Wildman–Crippen LogP) is 3.76. The van der Waals surface area contributed by atoms with E-state index in [0.29, 0.717) is 0 Å². The van der Waals surface area contributed by atoms with Crippen molar-refractivity contribution in [3.63, 3.8) is 0 Å². The highest BCUT2D eigenvalue weighted by molar-refractivity contribution is 6.30. The standard InChI is InChI=1S/C11H5ClF5N3/c12-3-1-4(18)11(19-2-3)20-10-8(16)6(14)5(13)7(15)9(10)17/h1-2H,18H2,(H,19,20). The number of nitrogens with one attached hydrogen (secondary N) is 1. The third-order valence-electron chi connectivity index (χ3n) is 2.34. The highest BCUT2D eigenvalue weighted by Gasteiger charge is 2.26. The van der Waals surface area contributed by atoms with Gasteiger partial charge in [0.15, 0.2) is 29.1 Å². The SMILES string of the molecule is Nc1cc(Cl)cnc1Nc1c(F)c(F)c(F)c(F)c1F. The summed E-state index contributed by atoms with van der Waals surface area (Å²) < 4.78 is 65.7. The summed E-state index contributed by atoms with van der Waals surface area (Å²) in [6.07, 6.45) is 1.09. The lowest BCUT2D eigenvalue weighted by Crippen LogP contribution is -2.08. The van der Waals surface area contributed by atoms with Crippen molar-refractivity contribution in [2.45, 2.75) is 0 Å². The van der Waals surface area contributed by atoms with Crippen molar-refractivity contribution in [1.82, 2.24) is 4.98 Å². The zero-order chi connectivity index (χ0) is 15.0. The monoisotopic (exact) mass is 309 g/mol. The fourth-order valence-electron chi connectivity index (χ4n) is 1.39. The first-order valence-electron chi connectivity index (χ1n) is 5.02. The minimum atomic E-state index is -2.25. The van der Waals surface area contributed by atoms with Crippen LogP contribution in [0.1, 0.15) is 0 Å². The van der Waals surface area contributed by atoms with E-state index >= 15 is 0 Å². The quantitative estimate of drug-likeness (QED) is 0.504. The number of hydrogen-bond acceptors (Lipinski definition) is 3. The van der Waals surface area contributed by atoms with Crippen molar-refractivity contribution < 1.29 is 22.0 Å². The molecule has 0 spiro atoms. The van der Waals surface area contributed by atoms with Crippen molar-refractivity contribution in [1.29, 1.82) is 0 Å². The first-order valence-corrected chi connectivity index (χ1v) is 5.40. The van der Waals surface area contributed by atoms with Crippen molar-refractivity contribution in [2.24, 2.45) is 0 Å². The second kappa shape index (κ2) is 5.12. The number of nitrogens with zero attached hydrogens (tertiary/aromatic N) is 1. The van der Waals surface area contributed by atoms with Crippen LogP contribution in [0.4, 0.5) is 39.1 Å². The Morgan fingerprint density at radius 3 is 1.95 bits per heavy atom. The number of hydrogen-bond donors (Lipinski definition) is 2. The molecule has 1 aromatic carbocycles. The Balaban J connectivity index is 2.54. The van der Waals surface area contributed by atoms with Gasteiger partial charge >= 0.3 is 0 Å². The van der Waals surface area contributed by atoms with Gasteiger partial charge in [0.2, 0.25) is 5.82 Å². The number of pyridine rings is 1. The van der Waals surface area contributed by atoms with E-state index in [2.05, 4.69) is 4.98 Å². The zero-order valence-corrected chi connectivity index (χ0v) is 10.2. The van der Waals surface area contributed by atoms with Crippen molar-refractivity contribution in [3.8, 4) is 0 Å². The van der Waals surface area contributed by atoms with Crippen LogP contribution in [0.2, 0.25) is 5.02 Å². The topological polar surface area (TPSA) is 50.9 Å². The lowest BCUT2D eigenvalue weighted by molar-refractivity contribution is 0.382. The van der Waals surface area contributed by atoms with Gasteiger partial charge in [0, 0.05) is 6.20 Å². The molecule has 3 nitrogen and oxygen atoms in total. The van der Waals surface area contributed by atoms with Gasteiger partial charge in [0.1, 0.15) is 5.69 Å². The van der Waals surface area contributed by atoms with E-state index in [9.17, 15) is 22.0 Å². The highest BCUT2D eigenvalue weighted by atomic mass is 35.5. The first-order chi connectivity index (χ1) is 9.32. The van der Waals surface area contributed by atoms with Crippen LogP contribution < -0.4 is 11.1 Å². The summed E-state index contributed by atoms with van der Waals surface area (Å²) in [5.74, 6) is -10.7. The van der Waals surface area contributed by atoms with Gasteiger partial charge < -0.3 is 11.1 Å². The average molecular weight is 310 g/mol. The van der Waals surface area contributed by atoms with Crippen molar-refractivity contribution >= 4 is 28.8 Å². The molecule has 0 radical (unpaired) electrons. The largest absolute Gasteiger partial charge is 0.396 e. The molecule has 1 aromatic heterocycles. The predicted molar refractivity (Wildman–Crippen MR) is 63.2 cm³/mol. The van der Waals surface area contributed by atoms with Gasteiger partial charge in [0.25, 0.3) is 0 Å². The third kappa shape index (κ3) is 2.34. The van der Waals surface area contributed by atoms with Gasteiger partial charge in [0.05, 0.1) is 10.7 Å². The third-order valence-corrected chi connectivity index (χ3v) is 2.54. The summed E-state index contributed by atoms with van der Waals surface area (Å²) in [4.78, 5) is 3.60. The van der Waals surface area contributed by atoms with Crippen LogP contribution in [0.3, 0.4) is 0 Å². The molecule has 9 heteroatoms. The van der Waals surface area contributed by atoms with E-state index in [0.717, 1.165) is 6.20 Å². The van der Waals surface area contributed by atoms with E-state index in [1.807, 2.05) is 5.32 Å². The molecule has 0 aliphatic carbocycles. The number of anilines is 3. The molecule has 106 valence electrons. The number of benzene rings is 1. The van der Waals surface area contributed by atoms with Gasteiger partial charge in [-0.3, -0.25) is 0 Å². The molecule has 0 amide bonds. The minimum absolute atomic E-state index is 0.124. The fraction of sp³-hybridized carbons (Fsp3) is 0. The highest BCUT2D eigenvalue weighted by Crippen LogP contribution is 2.31. The van der Waals surface area contributed by atoms with E-state index in [4.69, 9.17) is 17.3 Å². The fourth-order valence-corrected chi connectivity index (χ4v) is 1.56. The van der Waals surface area contributed by atoms with Gasteiger partial charge in [-0.15, -0.1) is 0 Å². The Kier molecular flexibility index (Phi) is 3.67. The summed E-state index contributed by atoms with van der Waals surface area (Å²) in [5, 5.41) is 2.10. The van der Waals surface area contributed by atoms with Crippen LogP contribution in [-0.2, 0) is 0 Å². The van der Waals surface area contributed by atoms with Crippen LogP contribution in [0, 0.1) is 29.1 Å². The molecular weight excluding hydrogens is 305 g/mol. The second-order valence-electron chi connectivity index (χ2n) is 3.66. The molecule has 1 heterocycles. The molecule has 0 aliphatic heterocycles. The van der Waals surface area contributed by atoms with Gasteiger partial charge in [-0.1, -0.05) is 11.6 Å². The molecule has 20 heavy (non-hydrogen) atoms. The maximum atomic E-state index is 13.4. The molecule has 0 saturated carbocycles. The van der Waals surface area contributed by atoms with Crippen LogP contribution in [-0.4, -0.2) is 4.98 Å². The van der Waals surface area contributed by atoms with Crippen LogP contribution in [0.25, 0.3) is 0 Å². The average Bonchev–Trinajstić information content (AvgIpc) is 2.41. The number of rotatable bonds is 2. The van der Waals surface area contributed by atoms with Gasteiger partial charge in [-0.2, -0.15) is 0 Å². The normalized spacial score (nSPS) is 10.7. The Hall–Kier alpha value is -2.09. The molecule has 3 N–H and O–H groups in total. The maximum absolute atomic E-state index is 13.4. The zero-order valence-electron chi connectivity index (χ0n) is 9.45. The summed E-state index contributed by atoms with van der Waals surface area (Å²) in [6.45, 7) is 0. The smallest absolute Gasteiger partial charge is 0.200 e. The minimum Gasteiger partial charge on any atom is -0.396 e. The van der Waals surface area contributed by atoms with Crippen molar-refractivity contribution in [2.75, 3.05) is 11.1 Å². The Labute approximate surface area is 114 Å². The Bertz CT molecular complexity index is 663. The number of nitrogens with two attached hydrogens (primary N) is 1. The molecule has 2 aromatic rings. The Morgan fingerprint density at radius 2 is 1.45 bits per heavy atom. The van der Waals surface area contributed by atoms with E-state index in [1.165, 1.54) is 6.07 Å². The number of nitrogen functional groups attached to an aromatic ring is 1. The summed E-state index contributed by atoms with van der Waals surface area (Å²) in [5.41, 5.74) is 4.09. The molecule has 0 aliphatic rings. The summed E-state index contributed by atoms with van der Waals surface area (Å²) in [7, 11) is 0. The van der Waals surface area contributed by atoms with Crippen LogP contribution >= 0.6 is 11.6 Å². The van der Waals surface area contributed by atoms with Gasteiger partial charge in [-0.25, -0.2) is 26.9 Å². The number of aromatic nitrogens is 1. The molecule has 0 unspecified atom stereocenters. The summed E-state index contributed by atoms with van der Waals surface area (Å²) >= 11 is 5.57. The molecule has 0 saturated heterocycles. The molecule has 0 bridgehead atoms. The van der Waals surface area contributed by atoms with E-state index in [1.54, 1.807) is 0 Å². The maximum Gasteiger partial charge on any atom is 0.200 e.